The molecule has 0 saturated carbocycles. The van der Waals surface area contributed by atoms with E-state index in [9.17, 15) is 13.6 Å². The van der Waals surface area contributed by atoms with E-state index in [2.05, 4.69) is 4.98 Å². The molecule has 0 aliphatic heterocycles. The smallest absolute Gasteiger partial charge is 0.245 e. The van der Waals surface area contributed by atoms with E-state index < -0.39 is 17.7 Å². The quantitative estimate of drug-likeness (QED) is 0.935. The van der Waals surface area contributed by atoms with Gasteiger partial charge in [-0.25, -0.2) is 13.8 Å². The maximum atomic E-state index is 13.7. The molecule has 0 bridgehead atoms. The third-order valence-corrected chi connectivity index (χ3v) is 3.34. The van der Waals surface area contributed by atoms with Gasteiger partial charge < -0.3 is 10.6 Å². The van der Waals surface area contributed by atoms with Gasteiger partial charge in [0.05, 0.1) is 5.52 Å². The number of imidazole rings is 1. The van der Waals surface area contributed by atoms with Crippen LogP contribution in [-0.4, -0.2) is 34.0 Å². The minimum atomic E-state index is -0.797. The number of fused-ring (bicyclic) bond motifs is 1. The van der Waals surface area contributed by atoms with Crippen molar-refractivity contribution in [2.75, 3.05) is 19.3 Å². The first-order valence-corrected chi connectivity index (χ1v) is 6.24. The highest BCUT2D eigenvalue weighted by Gasteiger charge is 2.24. The van der Waals surface area contributed by atoms with Crippen LogP contribution in [0.1, 0.15) is 19.9 Å². The van der Waals surface area contributed by atoms with Crippen molar-refractivity contribution in [2.45, 2.75) is 19.9 Å². The Kier molecular flexibility index (Phi) is 3.61. The van der Waals surface area contributed by atoms with Crippen LogP contribution in [0.2, 0.25) is 0 Å². The van der Waals surface area contributed by atoms with Crippen molar-refractivity contribution >= 4 is 22.9 Å². The maximum Gasteiger partial charge on any atom is 0.245 e. The summed E-state index contributed by atoms with van der Waals surface area (Å²) in [7, 11) is 1.65. The lowest BCUT2D eigenvalue weighted by atomic mass is 10.2. The van der Waals surface area contributed by atoms with Gasteiger partial charge in [0, 0.05) is 25.7 Å². The Hall–Kier alpha value is -2.18. The number of carbonyl (C=O) groups is 1. The largest absolute Gasteiger partial charge is 0.369 e. The Balaban J connectivity index is 2.59. The molecule has 1 atom stereocenters. The Labute approximate surface area is 115 Å². The van der Waals surface area contributed by atoms with Gasteiger partial charge in [-0.2, -0.15) is 0 Å². The SMILES string of the molecule is CCN(C)C(=O)C(C)n1c(N)nc2c(F)cc(F)cc21. The van der Waals surface area contributed by atoms with Crippen molar-refractivity contribution in [3.63, 3.8) is 0 Å². The number of nitrogens with two attached hydrogens (primary N) is 1. The zero-order valence-corrected chi connectivity index (χ0v) is 11.5. The summed E-state index contributed by atoms with van der Waals surface area (Å²) in [6.07, 6.45) is 0. The number of nitrogens with zero attached hydrogens (tertiary/aromatic N) is 3. The Morgan fingerprint density at radius 1 is 1.50 bits per heavy atom. The van der Waals surface area contributed by atoms with E-state index in [1.165, 1.54) is 9.47 Å². The first-order valence-electron chi connectivity index (χ1n) is 6.24. The number of benzene rings is 1. The van der Waals surface area contributed by atoms with Crippen LogP contribution < -0.4 is 5.73 Å². The monoisotopic (exact) mass is 282 g/mol. The van der Waals surface area contributed by atoms with Gasteiger partial charge in [-0.3, -0.25) is 9.36 Å². The van der Waals surface area contributed by atoms with Gasteiger partial charge in [0.15, 0.2) is 5.82 Å². The van der Waals surface area contributed by atoms with Crippen LogP contribution in [0.15, 0.2) is 12.1 Å². The van der Waals surface area contributed by atoms with Crippen molar-refractivity contribution in [2.24, 2.45) is 0 Å². The third-order valence-electron chi connectivity index (χ3n) is 3.34. The summed E-state index contributed by atoms with van der Waals surface area (Å²) in [6.45, 7) is 3.98. The standard InChI is InChI=1S/C13H16F2N4O/c1-4-18(3)12(20)7(2)19-10-6-8(14)5-9(15)11(10)17-13(19)16/h5-7H,4H2,1-3H3,(H2,16,17). The summed E-state index contributed by atoms with van der Waals surface area (Å²) in [6, 6.07) is 1.17. The van der Waals surface area contributed by atoms with Crippen LogP contribution in [0.5, 0.6) is 0 Å². The molecule has 1 amide bonds. The van der Waals surface area contributed by atoms with Crippen molar-refractivity contribution < 1.29 is 13.6 Å². The molecule has 2 aromatic rings. The highest BCUT2D eigenvalue weighted by molar-refractivity contribution is 5.85. The number of rotatable bonds is 3. The molecule has 5 nitrogen and oxygen atoms in total. The highest BCUT2D eigenvalue weighted by atomic mass is 19.1. The normalized spacial score (nSPS) is 12.7. The predicted molar refractivity (Wildman–Crippen MR) is 72.1 cm³/mol. The van der Waals surface area contributed by atoms with Gasteiger partial charge >= 0.3 is 0 Å². The van der Waals surface area contributed by atoms with Crippen LogP contribution in [0, 0.1) is 11.6 Å². The lowest BCUT2D eigenvalue weighted by Crippen LogP contribution is -2.33. The average Bonchev–Trinajstić information content (AvgIpc) is 2.72. The summed E-state index contributed by atoms with van der Waals surface area (Å²) in [5, 5.41) is 0. The lowest BCUT2D eigenvalue weighted by Gasteiger charge is -2.21. The van der Waals surface area contributed by atoms with Crippen molar-refractivity contribution in [1.29, 1.82) is 0 Å². The van der Waals surface area contributed by atoms with Gasteiger partial charge in [0.1, 0.15) is 17.4 Å². The number of hydrogen-bond donors (Lipinski definition) is 1. The predicted octanol–water partition coefficient (Wildman–Crippen LogP) is 1.94. The van der Waals surface area contributed by atoms with Crippen LogP contribution in [0.4, 0.5) is 14.7 Å². The number of carbonyl (C=O) groups excluding carboxylic acids is 1. The van der Waals surface area contributed by atoms with Crippen LogP contribution in [0.25, 0.3) is 11.0 Å². The van der Waals surface area contributed by atoms with E-state index in [0.717, 1.165) is 12.1 Å². The summed E-state index contributed by atoms with van der Waals surface area (Å²) in [5.74, 6) is -1.76. The zero-order valence-electron chi connectivity index (χ0n) is 11.5. The van der Waals surface area contributed by atoms with Gasteiger partial charge in [-0.1, -0.05) is 0 Å². The third kappa shape index (κ3) is 2.19. The Morgan fingerprint density at radius 2 is 2.15 bits per heavy atom. The zero-order chi connectivity index (χ0) is 15.0. The van der Waals surface area contributed by atoms with Crippen LogP contribution >= 0.6 is 0 Å². The van der Waals surface area contributed by atoms with E-state index in [0.29, 0.717) is 6.54 Å². The summed E-state index contributed by atoms with van der Waals surface area (Å²) in [5.41, 5.74) is 5.88. The first kappa shape index (κ1) is 14.2. The Morgan fingerprint density at radius 3 is 2.75 bits per heavy atom. The summed E-state index contributed by atoms with van der Waals surface area (Å²) >= 11 is 0. The minimum absolute atomic E-state index is 0.0187. The molecule has 0 fully saturated rings. The van der Waals surface area contributed by atoms with Crippen molar-refractivity contribution in [3.05, 3.63) is 23.8 Å². The van der Waals surface area contributed by atoms with Crippen LogP contribution in [-0.2, 0) is 4.79 Å². The molecule has 108 valence electrons. The van der Waals surface area contributed by atoms with Gasteiger partial charge in [-0.05, 0) is 13.8 Å². The van der Waals surface area contributed by atoms with E-state index in [4.69, 9.17) is 5.73 Å². The number of anilines is 1. The Bertz CT molecular complexity index is 668. The number of nitrogen functional groups attached to an aromatic ring is 1. The highest BCUT2D eigenvalue weighted by Crippen LogP contribution is 2.26. The lowest BCUT2D eigenvalue weighted by molar-refractivity contribution is -0.132. The van der Waals surface area contributed by atoms with E-state index >= 15 is 0 Å². The molecule has 2 N–H and O–H groups in total. The number of aromatic nitrogens is 2. The molecule has 2 rings (SSSR count). The van der Waals surface area contributed by atoms with Crippen molar-refractivity contribution in [1.82, 2.24) is 14.5 Å². The number of likely N-dealkylation sites (N-methyl/N-ethyl adjacent to an activating group) is 1. The second-order valence-corrected chi connectivity index (χ2v) is 4.62. The van der Waals surface area contributed by atoms with Gasteiger partial charge in [0.25, 0.3) is 0 Å². The number of hydrogen-bond acceptors (Lipinski definition) is 3. The number of halogens is 2. The molecule has 1 aromatic heterocycles. The van der Waals surface area contributed by atoms with E-state index in [1.54, 1.807) is 14.0 Å². The fourth-order valence-electron chi connectivity index (χ4n) is 2.13. The van der Waals surface area contributed by atoms with E-state index in [-0.39, 0.29) is 22.9 Å². The van der Waals surface area contributed by atoms with Gasteiger partial charge in [0.2, 0.25) is 11.9 Å². The molecular formula is C13H16F2N4O. The van der Waals surface area contributed by atoms with Crippen LogP contribution in [0.3, 0.4) is 0 Å². The molecule has 0 aliphatic rings. The molecule has 1 aromatic carbocycles. The van der Waals surface area contributed by atoms with Gasteiger partial charge in [-0.15, -0.1) is 0 Å². The molecule has 0 aliphatic carbocycles. The molecule has 20 heavy (non-hydrogen) atoms. The molecule has 0 radical (unpaired) electrons. The average molecular weight is 282 g/mol. The number of amides is 1. The van der Waals surface area contributed by atoms with E-state index in [1.807, 2.05) is 6.92 Å². The molecule has 1 heterocycles. The maximum absolute atomic E-state index is 13.7. The van der Waals surface area contributed by atoms with Crippen molar-refractivity contribution in [3.8, 4) is 0 Å². The second-order valence-electron chi connectivity index (χ2n) is 4.62. The molecule has 0 saturated heterocycles. The second kappa shape index (κ2) is 5.07. The molecular weight excluding hydrogens is 266 g/mol. The molecule has 1 unspecified atom stereocenters. The fourth-order valence-corrected chi connectivity index (χ4v) is 2.13. The molecule has 7 heteroatoms. The first-order chi connectivity index (χ1) is 9.36. The molecule has 0 spiro atoms. The minimum Gasteiger partial charge on any atom is -0.369 e. The summed E-state index contributed by atoms with van der Waals surface area (Å²) < 4.78 is 28.4. The topological polar surface area (TPSA) is 64.2 Å². The summed E-state index contributed by atoms with van der Waals surface area (Å²) in [4.78, 5) is 17.5. The fraction of sp³-hybridized carbons (Fsp3) is 0.385.